The van der Waals surface area contributed by atoms with E-state index in [-0.39, 0.29) is 35.5 Å². The molecular formula is C24H28FN5O2. The van der Waals surface area contributed by atoms with Gasteiger partial charge in [0.1, 0.15) is 5.82 Å². The van der Waals surface area contributed by atoms with Gasteiger partial charge in [-0.05, 0) is 42.2 Å². The Bertz CT molecular complexity index is 1130. The van der Waals surface area contributed by atoms with Crippen LogP contribution in [-0.2, 0) is 4.79 Å². The van der Waals surface area contributed by atoms with Crippen LogP contribution in [0.15, 0.2) is 55.1 Å². The minimum atomic E-state index is -0.658. The first-order valence-electron chi connectivity index (χ1n) is 10.9. The molecular weight excluding hydrogens is 409 g/mol. The van der Waals surface area contributed by atoms with Gasteiger partial charge in [-0.1, -0.05) is 26.0 Å². The number of benzene rings is 1. The number of amides is 2. The van der Waals surface area contributed by atoms with Gasteiger partial charge >= 0.3 is 0 Å². The second-order valence-electron chi connectivity index (χ2n) is 8.69. The summed E-state index contributed by atoms with van der Waals surface area (Å²) in [6.07, 6.45) is 5.75. The van der Waals surface area contributed by atoms with Gasteiger partial charge in [0.2, 0.25) is 5.91 Å². The van der Waals surface area contributed by atoms with E-state index >= 15 is 0 Å². The van der Waals surface area contributed by atoms with Gasteiger partial charge in [0.05, 0.1) is 35.7 Å². The lowest BCUT2D eigenvalue weighted by molar-refractivity contribution is -0.124. The van der Waals surface area contributed by atoms with Crippen molar-refractivity contribution in [2.24, 2.45) is 11.7 Å². The van der Waals surface area contributed by atoms with Crippen LogP contribution < -0.4 is 11.1 Å². The van der Waals surface area contributed by atoms with E-state index in [2.05, 4.69) is 10.3 Å². The third-order valence-electron chi connectivity index (χ3n) is 6.21. The highest BCUT2D eigenvalue weighted by Gasteiger charge is 2.35. The second-order valence-corrected chi connectivity index (χ2v) is 8.69. The second kappa shape index (κ2) is 9.08. The number of piperidine rings is 1. The zero-order chi connectivity index (χ0) is 22.8. The summed E-state index contributed by atoms with van der Waals surface area (Å²) >= 11 is 0. The molecule has 1 aliphatic rings. The van der Waals surface area contributed by atoms with Crippen molar-refractivity contribution in [2.75, 3.05) is 13.1 Å². The van der Waals surface area contributed by atoms with Gasteiger partial charge in [-0.25, -0.2) is 9.37 Å². The smallest absolute Gasteiger partial charge is 0.256 e. The van der Waals surface area contributed by atoms with E-state index < -0.39 is 6.04 Å². The summed E-state index contributed by atoms with van der Waals surface area (Å²) < 4.78 is 15.7. The molecule has 8 heteroatoms. The SMILES string of the molecule is CC(C)[C@H](N)C(=O)N[C@@H]1CN(C(=O)c2cccn3cncc23)CC[C@H]1c1cccc(F)c1. The zero-order valence-electron chi connectivity index (χ0n) is 18.2. The number of fused-ring (bicyclic) bond motifs is 1. The summed E-state index contributed by atoms with van der Waals surface area (Å²) in [4.78, 5) is 32.0. The minimum absolute atomic E-state index is 0.0246. The van der Waals surface area contributed by atoms with Crippen LogP contribution in [0, 0.1) is 11.7 Å². The molecule has 2 aromatic heterocycles. The highest BCUT2D eigenvalue weighted by atomic mass is 19.1. The standard InChI is InChI=1S/C24H28FN5O2/c1-15(2)22(26)23(31)28-20-13-29(10-8-18(20)16-5-3-6-17(25)11-16)24(32)19-7-4-9-30-14-27-12-21(19)30/h3-7,9,11-12,14-15,18,20,22H,8,10,13,26H2,1-2H3,(H,28,31)/t18-,20+,22-/m0/s1. The summed E-state index contributed by atoms with van der Waals surface area (Å²) in [5, 5.41) is 3.04. The molecule has 3 atom stereocenters. The van der Waals surface area contributed by atoms with Crippen molar-refractivity contribution in [2.45, 2.75) is 38.3 Å². The van der Waals surface area contributed by atoms with Crippen LogP contribution in [0.1, 0.15) is 42.1 Å². The number of hydrogen-bond acceptors (Lipinski definition) is 4. The van der Waals surface area contributed by atoms with E-state index in [1.165, 1.54) is 12.1 Å². The molecule has 7 nitrogen and oxygen atoms in total. The van der Waals surface area contributed by atoms with Gasteiger partial charge in [0.25, 0.3) is 5.91 Å². The molecule has 2 amide bonds. The monoisotopic (exact) mass is 437 g/mol. The summed E-state index contributed by atoms with van der Waals surface area (Å²) in [7, 11) is 0. The number of hydrogen-bond donors (Lipinski definition) is 2. The Morgan fingerprint density at radius 3 is 2.81 bits per heavy atom. The molecule has 3 N–H and O–H groups in total. The molecule has 4 rings (SSSR count). The van der Waals surface area contributed by atoms with Crippen molar-refractivity contribution in [1.82, 2.24) is 19.6 Å². The Kier molecular flexibility index (Phi) is 6.23. The number of likely N-dealkylation sites (tertiary alicyclic amines) is 1. The lowest BCUT2D eigenvalue weighted by Crippen LogP contribution is -2.56. The molecule has 1 aliphatic heterocycles. The molecule has 3 aromatic rings. The van der Waals surface area contributed by atoms with Crippen LogP contribution in [0.5, 0.6) is 0 Å². The van der Waals surface area contributed by atoms with E-state index in [0.29, 0.717) is 25.1 Å². The van der Waals surface area contributed by atoms with Gasteiger partial charge < -0.3 is 20.4 Å². The van der Waals surface area contributed by atoms with Crippen LogP contribution in [0.2, 0.25) is 0 Å². The zero-order valence-corrected chi connectivity index (χ0v) is 18.2. The number of pyridine rings is 1. The molecule has 0 bridgehead atoms. The fourth-order valence-electron chi connectivity index (χ4n) is 4.30. The average Bonchev–Trinajstić information content (AvgIpc) is 3.27. The molecule has 1 aromatic carbocycles. The molecule has 0 spiro atoms. The van der Waals surface area contributed by atoms with Crippen molar-refractivity contribution in [3.05, 3.63) is 72.1 Å². The molecule has 0 aliphatic carbocycles. The van der Waals surface area contributed by atoms with E-state index in [1.54, 1.807) is 34.0 Å². The summed E-state index contributed by atoms with van der Waals surface area (Å²) in [6, 6.07) is 8.97. The highest BCUT2D eigenvalue weighted by Crippen LogP contribution is 2.30. The van der Waals surface area contributed by atoms with E-state index in [4.69, 9.17) is 5.73 Å². The fraction of sp³-hybridized carbons (Fsp3) is 0.375. The van der Waals surface area contributed by atoms with Crippen molar-refractivity contribution < 1.29 is 14.0 Å². The maximum atomic E-state index is 13.9. The van der Waals surface area contributed by atoms with Crippen molar-refractivity contribution in [3.63, 3.8) is 0 Å². The number of imidazole rings is 1. The van der Waals surface area contributed by atoms with Crippen LogP contribution in [0.3, 0.4) is 0 Å². The molecule has 1 saturated heterocycles. The lowest BCUT2D eigenvalue weighted by Gasteiger charge is -2.40. The lowest BCUT2D eigenvalue weighted by atomic mass is 9.84. The largest absolute Gasteiger partial charge is 0.350 e. The molecule has 3 heterocycles. The van der Waals surface area contributed by atoms with Gasteiger partial charge in [0.15, 0.2) is 0 Å². The third kappa shape index (κ3) is 4.36. The normalized spacial score (nSPS) is 19.8. The molecule has 0 saturated carbocycles. The van der Waals surface area contributed by atoms with E-state index in [9.17, 15) is 14.0 Å². The maximum absolute atomic E-state index is 13.9. The first-order valence-corrected chi connectivity index (χ1v) is 10.9. The van der Waals surface area contributed by atoms with Gasteiger partial charge in [-0.15, -0.1) is 0 Å². The number of halogens is 1. The van der Waals surface area contributed by atoms with Crippen LogP contribution >= 0.6 is 0 Å². The number of nitrogens with two attached hydrogens (primary N) is 1. The summed E-state index contributed by atoms with van der Waals surface area (Å²) in [5.74, 6) is -0.857. The van der Waals surface area contributed by atoms with Gasteiger partial charge in [-0.3, -0.25) is 9.59 Å². The highest BCUT2D eigenvalue weighted by molar-refractivity contribution is 6.00. The number of carbonyl (C=O) groups excluding carboxylic acids is 2. The Balaban J connectivity index is 1.60. The molecule has 0 unspecified atom stereocenters. The molecule has 32 heavy (non-hydrogen) atoms. The predicted molar refractivity (Wildman–Crippen MR) is 120 cm³/mol. The van der Waals surface area contributed by atoms with Crippen LogP contribution in [0.4, 0.5) is 4.39 Å². The van der Waals surface area contributed by atoms with Gasteiger partial charge in [-0.2, -0.15) is 0 Å². The van der Waals surface area contributed by atoms with E-state index in [1.807, 2.05) is 32.2 Å². The van der Waals surface area contributed by atoms with Crippen molar-refractivity contribution in [3.8, 4) is 0 Å². The average molecular weight is 438 g/mol. The Labute approximate surface area is 186 Å². The Hall–Kier alpha value is -3.26. The van der Waals surface area contributed by atoms with E-state index in [0.717, 1.165) is 11.1 Å². The van der Waals surface area contributed by atoms with Crippen molar-refractivity contribution in [1.29, 1.82) is 0 Å². The number of rotatable bonds is 5. The number of aromatic nitrogens is 2. The Morgan fingerprint density at radius 1 is 1.25 bits per heavy atom. The van der Waals surface area contributed by atoms with Crippen molar-refractivity contribution >= 4 is 17.3 Å². The molecule has 1 fully saturated rings. The van der Waals surface area contributed by atoms with Crippen LogP contribution in [0.25, 0.3) is 5.52 Å². The van der Waals surface area contributed by atoms with Gasteiger partial charge in [0, 0.05) is 25.2 Å². The topological polar surface area (TPSA) is 92.7 Å². The summed E-state index contributed by atoms with van der Waals surface area (Å²) in [6.45, 7) is 4.58. The Morgan fingerprint density at radius 2 is 2.06 bits per heavy atom. The predicted octanol–water partition coefficient (Wildman–Crippen LogP) is 2.57. The quantitative estimate of drug-likeness (QED) is 0.642. The maximum Gasteiger partial charge on any atom is 0.256 e. The first kappa shape index (κ1) is 22.0. The van der Waals surface area contributed by atoms with Crippen LogP contribution in [-0.4, -0.2) is 51.3 Å². The number of nitrogens with zero attached hydrogens (tertiary/aromatic N) is 3. The number of nitrogens with one attached hydrogen (secondary N) is 1. The molecule has 168 valence electrons. The summed E-state index contributed by atoms with van der Waals surface area (Å²) in [5.41, 5.74) is 8.15. The minimum Gasteiger partial charge on any atom is -0.350 e. The molecule has 0 radical (unpaired) electrons. The third-order valence-corrected chi connectivity index (χ3v) is 6.21. The first-order chi connectivity index (χ1) is 15.3. The fourth-order valence-corrected chi connectivity index (χ4v) is 4.30. The number of carbonyl (C=O) groups is 2.